The van der Waals surface area contributed by atoms with E-state index < -0.39 is 0 Å². The van der Waals surface area contributed by atoms with Gasteiger partial charge in [-0.05, 0) is 45.4 Å². The molecule has 0 bridgehead atoms. The number of benzene rings is 1. The number of rotatable bonds is 3. The zero-order valence-electron chi connectivity index (χ0n) is 13.9. The van der Waals surface area contributed by atoms with Crippen molar-refractivity contribution in [2.45, 2.75) is 38.8 Å². The molecule has 1 N–H and O–H groups in total. The lowest BCUT2D eigenvalue weighted by molar-refractivity contribution is -0.137. The highest BCUT2D eigenvalue weighted by Crippen LogP contribution is 2.29. The molecule has 126 valence electrons. The van der Waals surface area contributed by atoms with Crippen LogP contribution in [-0.4, -0.2) is 30.4 Å². The molecule has 0 aliphatic carbocycles. The number of nitrogens with one attached hydrogen (secondary N) is 1. The number of carbonyl (C=O) groups is 1. The van der Waals surface area contributed by atoms with Gasteiger partial charge < -0.3 is 14.6 Å². The van der Waals surface area contributed by atoms with Crippen LogP contribution in [0.15, 0.2) is 34.7 Å². The Labute approximate surface area is 143 Å². The fourth-order valence-electron chi connectivity index (χ4n) is 3.23. The molecule has 3 atom stereocenters. The van der Waals surface area contributed by atoms with Gasteiger partial charge in [0.25, 0.3) is 0 Å². The van der Waals surface area contributed by atoms with Gasteiger partial charge in [0.1, 0.15) is 11.3 Å². The number of piperidine rings is 1. The highest BCUT2D eigenvalue weighted by atomic mass is 35.5. The van der Waals surface area contributed by atoms with Crippen molar-refractivity contribution < 1.29 is 9.21 Å². The van der Waals surface area contributed by atoms with Gasteiger partial charge in [-0.3, -0.25) is 4.79 Å². The summed E-state index contributed by atoms with van der Waals surface area (Å²) in [6.07, 6.45) is 1.83. The second-order valence-electron chi connectivity index (χ2n) is 6.39. The van der Waals surface area contributed by atoms with Crippen LogP contribution in [0.5, 0.6) is 0 Å². The summed E-state index contributed by atoms with van der Waals surface area (Å²) < 4.78 is 5.90. The third-order valence-electron chi connectivity index (χ3n) is 4.76. The van der Waals surface area contributed by atoms with Crippen molar-refractivity contribution in [3.63, 3.8) is 0 Å². The molecule has 2 heterocycles. The highest BCUT2D eigenvalue weighted by Gasteiger charge is 2.30. The van der Waals surface area contributed by atoms with Gasteiger partial charge in [0.05, 0.1) is 6.04 Å². The molecular weight excluding hydrogens is 312 g/mol. The number of halogens is 1. The molecule has 1 aliphatic rings. The molecule has 1 saturated heterocycles. The van der Waals surface area contributed by atoms with Gasteiger partial charge in [-0.15, -0.1) is 12.4 Å². The van der Waals surface area contributed by atoms with Crippen molar-refractivity contribution in [3.05, 3.63) is 36.1 Å². The highest BCUT2D eigenvalue weighted by molar-refractivity contribution is 5.85. The van der Waals surface area contributed by atoms with E-state index in [9.17, 15) is 4.79 Å². The maximum absolute atomic E-state index is 12.7. The first-order chi connectivity index (χ1) is 10.6. The number of carbonyl (C=O) groups excluding carboxylic acids is 1. The first kappa shape index (κ1) is 17.8. The summed E-state index contributed by atoms with van der Waals surface area (Å²) >= 11 is 0. The minimum Gasteiger partial charge on any atom is -0.459 e. The molecule has 1 amide bonds. The van der Waals surface area contributed by atoms with Crippen LogP contribution in [0.1, 0.15) is 38.5 Å². The van der Waals surface area contributed by atoms with Crippen LogP contribution < -0.4 is 5.32 Å². The number of furan rings is 1. The number of fused-ring (bicyclic) bond motifs is 1. The zero-order valence-corrected chi connectivity index (χ0v) is 14.7. The second-order valence-corrected chi connectivity index (χ2v) is 6.39. The molecular formula is C18H25ClN2O2. The van der Waals surface area contributed by atoms with E-state index in [0.29, 0.717) is 6.04 Å². The Hall–Kier alpha value is -1.52. The van der Waals surface area contributed by atoms with Crippen LogP contribution >= 0.6 is 12.4 Å². The summed E-state index contributed by atoms with van der Waals surface area (Å²) in [5, 5.41) is 4.48. The molecule has 1 aromatic carbocycles. The number of nitrogens with zero attached hydrogens (tertiary/aromatic N) is 1. The van der Waals surface area contributed by atoms with E-state index in [4.69, 9.17) is 4.42 Å². The monoisotopic (exact) mass is 336 g/mol. The van der Waals surface area contributed by atoms with E-state index in [1.165, 1.54) is 0 Å². The number of hydrogen-bond acceptors (Lipinski definition) is 3. The standard InChI is InChI=1S/C18H24N2O2.ClH/c1-12-10-15(8-9-19-12)18(21)20(3)13(2)17-11-14-6-4-5-7-16(14)22-17;/h4-7,11-13,15,19H,8-10H2,1-3H3;1H/t12-,13?,15-;/m0./s1. The molecule has 2 aromatic rings. The molecule has 1 fully saturated rings. The Morgan fingerprint density at radius 3 is 2.83 bits per heavy atom. The molecule has 0 radical (unpaired) electrons. The van der Waals surface area contributed by atoms with Gasteiger partial charge in [-0.2, -0.15) is 0 Å². The van der Waals surface area contributed by atoms with Gasteiger partial charge in [0.15, 0.2) is 0 Å². The molecule has 0 saturated carbocycles. The lowest BCUT2D eigenvalue weighted by Gasteiger charge is -2.32. The maximum Gasteiger partial charge on any atom is 0.226 e. The first-order valence-corrected chi connectivity index (χ1v) is 8.05. The number of amides is 1. The van der Waals surface area contributed by atoms with Gasteiger partial charge in [-0.25, -0.2) is 0 Å². The predicted molar refractivity (Wildman–Crippen MR) is 94.8 cm³/mol. The summed E-state index contributed by atoms with van der Waals surface area (Å²) in [5.41, 5.74) is 0.876. The van der Waals surface area contributed by atoms with E-state index in [2.05, 4.69) is 12.2 Å². The summed E-state index contributed by atoms with van der Waals surface area (Å²) in [6, 6.07) is 10.4. The minimum absolute atomic E-state index is 0. The lowest BCUT2D eigenvalue weighted by Crippen LogP contribution is -2.43. The Kier molecular flexibility index (Phi) is 5.71. The van der Waals surface area contributed by atoms with Crippen molar-refractivity contribution in [2.24, 2.45) is 5.92 Å². The van der Waals surface area contributed by atoms with Crippen LogP contribution in [0.2, 0.25) is 0 Å². The minimum atomic E-state index is -0.0508. The molecule has 5 heteroatoms. The summed E-state index contributed by atoms with van der Waals surface area (Å²) in [5.74, 6) is 1.19. The van der Waals surface area contributed by atoms with Gasteiger partial charge in [-0.1, -0.05) is 18.2 Å². The van der Waals surface area contributed by atoms with Crippen LogP contribution in [0, 0.1) is 5.92 Å². The van der Waals surface area contributed by atoms with Gasteiger partial charge in [0.2, 0.25) is 5.91 Å². The first-order valence-electron chi connectivity index (χ1n) is 8.05. The van der Waals surface area contributed by atoms with Gasteiger partial charge >= 0.3 is 0 Å². The van der Waals surface area contributed by atoms with Crippen LogP contribution in [0.4, 0.5) is 0 Å². The fourth-order valence-corrected chi connectivity index (χ4v) is 3.23. The van der Waals surface area contributed by atoms with Crippen LogP contribution in [0.3, 0.4) is 0 Å². The van der Waals surface area contributed by atoms with E-state index in [1.807, 2.05) is 49.2 Å². The normalized spacial score (nSPS) is 22.4. The van der Waals surface area contributed by atoms with Crippen molar-refractivity contribution >= 4 is 29.3 Å². The van der Waals surface area contributed by atoms with E-state index in [-0.39, 0.29) is 30.3 Å². The van der Waals surface area contributed by atoms with Crippen molar-refractivity contribution in [1.82, 2.24) is 10.2 Å². The Bertz CT molecular complexity index is 637. The predicted octanol–water partition coefficient (Wildman–Crippen LogP) is 3.76. The van der Waals surface area contributed by atoms with Crippen molar-refractivity contribution in [2.75, 3.05) is 13.6 Å². The van der Waals surface area contributed by atoms with Gasteiger partial charge in [0, 0.05) is 24.4 Å². The molecule has 1 unspecified atom stereocenters. The Balaban J connectivity index is 0.00000192. The topological polar surface area (TPSA) is 45.5 Å². The van der Waals surface area contributed by atoms with Crippen LogP contribution in [0.25, 0.3) is 11.0 Å². The SMILES string of the molecule is CC(c1cc2ccccc2o1)N(C)C(=O)[C@H]1CCN[C@@H](C)C1.Cl. The van der Waals surface area contributed by atoms with E-state index >= 15 is 0 Å². The summed E-state index contributed by atoms with van der Waals surface area (Å²) in [7, 11) is 1.88. The quantitative estimate of drug-likeness (QED) is 0.928. The third kappa shape index (κ3) is 3.70. The third-order valence-corrected chi connectivity index (χ3v) is 4.76. The zero-order chi connectivity index (χ0) is 15.7. The average molecular weight is 337 g/mol. The lowest BCUT2D eigenvalue weighted by atomic mass is 9.91. The molecule has 1 aromatic heterocycles. The molecule has 0 spiro atoms. The Morgan fingerprint density at radius 1 is 1.39 bits per heavy atom. The Morgan fingerprint density at radius 2 is 2.13 bits per heavy atom. The molecule has 1 aliphatic heterocycles. The smallest absolute Gasteiger partial charge is 0.226 e. The number of para-hydroxylation sites is 1. The molecule has 3 rings (SSSR count). The van der Waals surface area contributed by atoms with E-state index in [1.54, 1.807) is 0 Å². The molecule has 4 nitrogen and oxygen atoms in total. The summed E-state index contributed by atoms with van der Waals surface area (Å²) in [4.78, 5) is 14.6. The second kappa shape index (κ2) is 7.37. The fraction of sp³-hybridized carbons (Fsp3) is 0.500. The summed E-state index contributed by atoms with van der Waals surface area (Å²) in [6.45, 7) is 5.09. The van der Waals surface area contributed by atoms with Crippen molar-refractivity contribution in [1.29, 1.82) is 0 Å². The number of hydrogen-bond donors (Lipinski definition) is 1. The maximum atomic E-state index is 12.7. The average Bonchev–Trinajstić information content (AvgIpc) is 2.96. The molecule has 23 heavy (non-hydrogen) atoms. The van der Waals surface area contributed by atoms with E-state index in [0.717, 1.165) is 36.1 Å². The largest absolute Gasteiger partial charge is 0.459 e. The van der Waals surface area contributed by atoms with Crippen molar-refractivity contribution in [3.8, 4) is 0 Å². The van der Waals surface area contributed by atoms with Crippen LogP contribution in [-0.2, 0) is 4.79 Å².